The molecule has 7 heteroatoms. The normalized spacial score (nSPS) is 25.3. The predicted octanol–water partition coefficient (Wildman–Crippen LogP) is 2.98. The molecule has 3 heterocycles. The van der Waals surface area contributed by atoms with Crippen molar-refractivity contribution < 1.29 is 9.59 Å². The molecule has 0 bridgehead atoms. The molecule has 7 nitrogen and oxygen atoms in total. The molecule has 0 aromatic carbocycles. The van der Waals surface area contributed by atoms with Gasteiger partial charge in [-0.25, -0.2) is 9.78 Å². The summed E-state index contributed by atoms with van der Waals surface area (Å²) in [6, 6.07) is 4.43. The van der Waals surface area contributed by atoms with E-state index in [1.165, 1.54) is 19.8 Å². The van der Waals surface area contributed by atoms with E-state index in [4.69, 9.17) is 0 Å². The van der Waals surface area contributed by atoms with Crippen LogP contribution in [0.15, 0.2) is 18.3 Å². The third-order valence-electron chi connectivity index (χ3n) is 6.37. The van der Waals surface area contributed by atoms with E-state index in [0.717, 1.165) is 63.2 Å². The molecule has 3 amide bonds. The van der Waals surface area contributed by atoms with E-state index in [1.54, 1.807) is 6.20 Å². The van der Waals surface area contributed by atoms with Crippen molar-refractivity contribution in [2.75, 3.05) is 29.9 Å². The van der Waals surface area contributed by atoms with Crippen LogP contribution in [-0.2, 0) is 4.79 Å². The number of urea groups is 1. The Bertz CT molecular complexity index is 719. The Labute approximate surface area is 166 Å². The van der Waals surface area contributed by atoms with Gasteiger partial charge in [0, 0.05) is 38.8 Å². The Kier molecular flexibility index (Phi) is 5.69. The third-order valence-corrected chi connectivity index (χ3v) is 6.37. The molecule has 2 atom stereocenters. The number of nitrogens with one attached hydrogen (secondary N) is 2. The number of carbonyl (C=O) groups is 2. The van der Waals surface area contributed by atoms with Crippen LogP contribution in [0, 0.1) is 5.92 Å². The fourth-order valence-electron chi connectivity index (χ4n) is 5.02. The highest BCUT2D eigenvalue weighted by Crippen LogP contribution is 2.35. The van der Waals surface area contributed by atoms with Crippen molar-refractivity contribution in [3.63, 3.8) is 0 Å². The molecule has 3 fully saturated rings. The van der Waals surface area contributed by atoms with Crippen molar-refractivity contribution in [1.29, 1.82) is 0 Å². The van der Waals surface area contributed by atoms with Gasteiger partial charge in [0.1, 0.15) is 0 Å². The number of anilines is 2. The number of hydrogen-bond donors (Lipinski definition) is 2. The second-order valence-corrected chi connectivity index (χ2v) is 8.41. The number of carbonyl (C=O) groups excluding carboxylic acids is 2. The molecule has 2 aliphatic heterocycles. The monoisotopic (exact) mass is 385 g/mol. The molecule has 2 N–H and O–H groups in total. The van der Waals surface area contributed by atoms with E-state index in [-0.39, 0.29) is 18.0 Å². The van der Waals surface area contributed by atoms with Gasteiger partial charge in [-0.1, -0.05) is 19.3 Å². The zero-order valence-electron chi connectivity index (χ0n) is 16.7. The zero-order chi connectivity index (χ0) is 19.5. The van der Waals surface area contributed by atoms with Gasteiger partial charge in [-0.2, -0.15) is 0 Å². The fourth-order valence-corrected chi connectivity index (χ4v) is 5.02. The van der Waals surface area contributed by atoms with Gasteiger partial charge in [-0.3, -0.25) is 4.79 Å². The Balaban J connectivity index is 1.51. The summed E-state index contributed by atoms with van der Waals surface area (Å²) in [7, 11) is 0. The van der Waals surface area contributed by atoms with Gasteiger partial charge in [0.2, 0.25) is 5.91 Å². The first-order chi connectivity index (χ1) is 13.6. The van der Waals surface area contributed by atoms with Crippen LogP contribution in [-0.4, -0.2) is 53.5 Å². The highest BCUT2D eigenvalue weighted by atomic mass is 16.2. The lowest BCUT2D eigenvalue weighted by Crippen LogP contribution is -2.45. The lowest BCUT2D eigenvalue weighted by atomic mass is 9.98. The SMILES string of the molecule is CC(=O)Nc1cccnc1N1CCCC[C@@H]2CN(C(=O)NC3CCCC3)C[C@@H]21. The molecule has 0 radical (unpaired) electrons. The molecule has 0 unspecified atom stereocenters. The van der Waals surface area contributed by atoms with E-state index in [9.17, 15) is 9.59 Å². The summed E-state index contributed by atoms with van der Waals surface area (Å²) in [5.41, 5.74) is 0.754. The molecule has 1 aromatic heterocycles. The van der Waals surface area contributed by atoms with Crippen LogP contribution >= 0.6 is 0 Å². The van der Waals surface area contributed by atoms with Crippen molar-refractivity contribution in [3.8, 4) is 0 Å². The van der Waals surface area contributed by atoms with Crippen molar-refractivity contribution in [1.82, 2.24) is 15.2 Å². The molecule has 1 saturated carbocycles. The molecule has 1 aromatic rings. The minimum atomic E-state index is -0.0930. The molecule has 4 rings (SSSR count). The fraction of sp³-hybridized carbons (Fsp3) is 0.667. The maximum Gasteiger partial charge on any atom is 0.317 e. The van der Waals surface area contributed by atoms with Crippen LogP contribution in [0.25, 0.3) is 0 Å². The quantitative estimate of drug-likeness (QED) is 0.839. The lowest BCUT2D eigenvalue weighted by molar-refractivity contribution is -0.114. The Morgan fingerprint density at radius 2 is 1.89 bits per heavy atom. The van der Waals surface area contributed by atoms with Gasteiger partial charge in [-0.15, -0.1) is 0 Å². The molecule has 2 saturated heterocycles. The van der Waals surface area contributed by atoms with Crippen molar-refractivity contribution in [2.24, 2.45) is 5.92 Å². The summed E-state index contributed by atoms with van der Waals surface area (Å²) < 4.78 is 0. The third kappa shape index (κ3) is 4.08. The summed E-state index contributed by atoms with van der Waals surface area (Å²) in [6.45, 7) is 3.96. The summed E-state index contributed by atoms with van der Waals surface area (Å²) in [5.74, 6) is 1.18. The summed E-state index contributed by atoms with van der Waals surface area (Å²) in [4.78, 5) is 33.4. The Morgan fingerprint density at radius 1 is 1.11 bits per heavy atom. The molecule has 3 aliphatic rings. The van der Waals surface area contributed by atoms with Gasteiger partial charge in [0.25, 0.3) is 0 Å². The number of hydrogen-bond acceptors (Lipinski definition) is 4. The maximum atomic E-state index is 12.8. The van der Waals surface area contributed by atoms with E-state index in [2.05, 4.69) is 20.5 Å². The Morgan fingerprint density at radius 3 is 2.68 bits per heavy atom. The van der Waals surface area contributed by atoms with Crippen LogP contribution in [0.3, 0.4) is 0 Å². The lowest BCUT2D eigenvalue weighted by Gasteiger charge is -2.32. The van der Waals surface area contributed by atoms with Gasteiger partial charge in [0.05, 0.1) is 11.7 Å². The van der Waals surface area contributed by atoms with Crippen LogP contribution in [0.5, 0.6) is 0 Å². The highest BCUT2D eigenvalue weighted by molar-refractivity contribution is 5.92. The van der Waals surface area contributed by atoms with Gasteiger partial charge in [0.15, 0.2) is 5.82 Å². The second kappa shape index (κ2) is 8.37. The zero-order valence-corrected chi connectivity index (χ0v) is 16.7. The molecule has 1 aliphatic carbocycles. The molecule has 28 heavy (non-hydrogen) atoms. The van der Waals surface area contributed by atoms with Crippen LogP contribution in [0.4, 0.5) is 16.3 Å². The number of fused-ring (bicyclic) bond motifs is 1. The minimum Gasteiger partial charge on any atom is -0.350 e. The smallest absolute Gasteiger partial charge is 0.317 e. The topological polar surface area (TPSA) is 77.6 Å². The first-order valence-corrected chi connectivity index (χ1v) is 10.7. The first-order valence-electron chi connectivity index (χ1n) is 10.7. The summed E-state index contributed by atoms with van der Waals surface area (Å²) in [6.07, 6.45) is 9.83. The van der Waals surface area contributed by atoms with E-state index < -0.39 is 0 Å². The van der Waals surface area contributed by atoms with Gasteiger partial charge in [-0.05, 0) is 43.7 Å². The van der Waals surface area contributed by atoms with Crippen molar-refractivity contribution >= 4 is 23.4 Å². The van der Waals surface area contributed by atoms with Gasteiger partial charge >= 0.3 is 6.03 Å². The number of pyridine rings is 1. The van der Waals surface area contributed by atoms with Crippen LogP contribution in [0.2, 0.25) is 0 Å². The Hall–Kier alpha value is -2.31. The number of rotatable bonds is 3. The number of amides is 3. The van der Waals surface area contributed by atoms with E-state index in [1.807, 2.05) is 17.0 Å². The van der Waals surface area contributed by atoms with Crippen molar-refractivity contribution in [2.45, 2.75) is 64.0 Å². The molecular weight excluding hydrogens is 354 g/mol. The standard InChI is InChI=1S/C21H31N5O2/c1-15(27)23-18-10-6-11-22-20(18)26-12-5-4-7-16-13-25(14-19(16)26)21(28)24-17-8-2-3-9-17/h6,10-11,16-17,19H,2-5,7-9,12-14H2,1H3,(H,23,27)(H,24,28)/t16-,19+/m1/s1. The second-order valence-electron chi connectivity index (χ2n) is 8.41. The minimum absolute atomic E-state index is 0.0861. The molecule has 0 spiro atoms. The molecular formula is C21H31N5O2. The van der Waals surface area contributed by atoms with E-state index >= 15 is 0 Å². The summed E-state index contributed by atoms with van der Waals surface area (Å²) >= 11 is 0. The maximum absolute atomic E-state index is 12.8. The average molecular weight is 386 g/mol. The number of likely N-dealkylation sites (tertiary alicyclic amines) is 1. The largest absolute Gasteiger partial charge is 0.350 e. The van der Waals surface area contributed by atoms with E-state index in [0.29, 0.717) is 12.0 Å². The van der Waals surface area contributed by atoms with Crippen LogP contribution in [0.1, 0.15) is 51.9 Å². The highest BCUT2D eigenvalue weighted by Gasteiger charge is 2.41. The molecule has 152 valence electrons. The van der Waals surface area contributed by atoms with Gasteiger partial charge < -0.3 is 20.4 Å². The number of nitrogens with zero attached hydrogens (tertiary/aromatic N) is 3. The number of aromatic nitrogens is 1. The first kappa shape index (κ1) is 19.0. The summed E-state index contributed by atoms with van der Waals surface area (Å²) in [5, 5.41) is 6.15. The van der Waals surface area contributed by atoms with Crippen molar-refractivity contribution in [3.05, 3.63) is 18.3 Å². The van der Waals surface area contributed by atoms with Crippen LogP contribution < -0.4 is 15.5 Å². The average Bonchev–Trinajstić information content (AvgIpc) is 3.29. The predicted molar refractivity (Wildman–Crippen MR) is 109 cm³/mol.